The van der Waals surface area contributed by atoms with Gasteiger partial charge in [-0.1, -0.05) is 25.1 Å². The minimum atomic E-state index is 0.629. The molecule has 5 heteroatoms. The molecule has 0 amide bonds. The first-order valence-electron chi connectivity index (χ1n) is 9.74. The number of para-hydroxylation sites is 1. The molecule has 5 nitrogen and oxygen atoms in total. The average Bonchev–Trinajstić information content (AvgIpc) is 2.65. The fraction of sp³-hybridized carbons (Fsp3) is 0.650. The van der Waals surface area contributed by atoms with Gasteiger partial charge in [0.15, 0.2) is 5.96 Å². The van der Waals surface area contributed by atoms with Crippen molar-refractivity contribution in [2.24, 2.45) is 10.9 Å². The molecule has 1 aliphatic rings. The Morgan fingerprint density at radius 1 is 1.16 bits per heavy atom. The molecule has 1 aliphatic heterocycles. The van der Waals surface area contributed by atoms with Crippen molar-refractivity contribution in [1.29, 1.82) is 0 Å². The van der Waals surface area contributed by atoms with Crippen LogP contribution in [0.15, 0.2) is 35.3 Å². The van der Waals surface area contributed by atoms with Gasteiger partial charge in [-0.3, -0.25) is 4.99 Å². The minimum Gasteiger partial charge on any atom is -0.492 e. The third kappa shape index (κ3) is 7.78. The van der Waals surface area contributed by atoms with Crippen LogP contribution in [0, 0.1) is 5.92 Å². The summed E-state index contributed by atoms with van der Waals surface area (Å²) in [4.78, 5) is 7.35. The molecule has 0 atom stereocenters. The number of hydrogen-bond donors (Lipinski definition) is 2. The second-order valence-electron chi connectivity index (χ2n) is 6.59. The second kappa shape index (κ2) is 11.7. The summed E-state index contributed by atoms with van der Waals surface area (Å²) < 4.78 is 5.71. The summed E-state index contributed by atoms with van der Waals surface area (Å²) in [7, 11) is 0. The van der Waals surface area contributed by atoms with Crippen molar-refractivity contribution in [3.63, 3.8) is 0 Å². The molecular formula is C20H34N4O. The summed E-state index contributed by atoms with van der Waals surface area (Å²) >= 11 is 0. The first-order valence-corrected chi connectivity index (χ1v) is 9.74. The van der Waals surface area contributed by atoms with Gasteiger partial charge >= 0.3 is 0 Å². The fourth-order valence-corrected chi connectivity index (χ4v) is 3.13. The second-order valence-corrected chi connectivity index (χ2v) is 6.59. The van der Waals surface area contributed by atoms with Crippen LogP contribution in [0.1, 0.15) is 33.1 Å². The van der Waals surface area contributed by atoms with Crippen molar-refractivity contribution < 1.29 is 4.74 Å². The van der Waals surface area contributed by atoms with E-state index in [1.165, 1.54) is 38.9 Å². The summed E-state index contributed by atoms with van der Waals surface area (Å²) in [6.07, 6.45) is 3.78. The molecule has 0 saturated carbocycles. The highest BCUT2D eigenvalue weighted by molar-refractivity contribution is 5.79. The van der Waals surface area contributed by atoms with E-state index in [9.17, 15) is 0 Å². The zero-order chi connectivity index (χ0) is 17.7. The van der Waals surface area contributed by atoms with Gasteiger partial charge in [-0.15, -0.1) is 0 Å². The van der Waals surface area contributed by atoms with E-state index in [2.05, 4.69) is 29.4 Å². The number of likely N-dealkylation sites (tertiary alicyclic amines) is 1. The van der Waals surface area contributed by atoms with Crippen LogP contribution in [0.4, 0.5) is 0 Å². The molecule has 0 aromatic heterocycles. The summed E-state index contributed by atoms with van der Waals surface area (Å²) in [6, 6.07) is 9.92. The SMILES string of the molecule is CCCN1CCC(CN=C(NCC)NCCOc2ccccc2)CC1. The van der Waals surface area contributed by atoms with Gasteiger partial charge in [0, 0.05) is 13.1 Å². The molecule has 0 aliphatic carbocycles. The highest BCUT2D eigenvalue weighted by Crippen LogP contribution is 2.17. The van der Waals surface area contributed by atoms with E-state index in [0.717, 1.165) is 31.3 Å². The predicted octanol–water partition coefficient (Wildman–Crippen LogP) is 2.74. The number of piperidine rings is 1. The molecule has 1 aromatic carbocycles. The van der Waals surface area contributed by atoms with Gasteiger partial charge in [-0.05, 0) is 63.9 Å². The fourth-order valence-electron chi connectivity index (χ4n) is 3.13. The largest absolute Gasteiger partial charge is 0.492 e. The highest BCUT2D eigenvalue weighted by Gasteiger charge is 2.18. The summed E-state index contributed by atoms with van der Waals surface area (Å²) in [5.41, 5.74) is 0. The van der Waals surface area contributed by atoms with E-state index in [0.29, 0.717) is 12.5 Å². The third-order valence-electron chi connectivity index (χ3n) is 4.51. The smallest absolute Gasteiger partial charge is 0.191 e. The van der Waals surface area contributed by atoms with Gasteiger partial charge in [0.25, 0.3) is 0 Å². The van der Waals surface area contributed by atoms with E-state index in [-0.39, 0.29) is 0 Å². The lowest BCUT2D eigenvalue weighted by molar-refractivity contribution is 0.188. The molecule has 0 unspecified atom stereocenters. The van der Waals surface area contributed by atoms with Gasteiger partial charge < -0.3 is 20.3 Å². The molecule has 0 radical (unpaired) electrons. The summed E-state index contributed by atoms with van der Waals surface area (Å²) in [5.74, 6) is 2.52. The first-order chi connectivity index (χ1) is 12.3. The van der Waals surface area contributed by atoms with E-state index in [1.807, 2.05) is 30.3 Å². The van der Waals surface area contributed by atoms with E-state index >= 15 is 0 Å². The molecule has 1 fully saturated rings. The quantitative estimate of drug-likeness (QED) is 0.410. The molecule has 2 rings (SSSR count). The Morgan fingerprint density at radius 3 is 2.60 bits per heavy atom. The third-order valence-corrected chi connectivity index (χ3v) is 4.51. The Labute approximate surface area is 152 Å². The molecule has 25 heavy (non-hydrogen) atoms. The topological polar surface area (TPSA) is 48.9 Å². The number of ether oxygens (including phenoxy) is 1. The van der Waals surface area contributed by atoms with Crippen molar-refractivity contribution in [1.82, 2.24) is 15.5 Å². The summed E-state index contributed by atoms with van der Waals surface area (Å²) in [5, 5.41) is 6.69. The van der Waals surface area contributed by atoms with Crippen molar-refractivity contribution in [3.05, 3.63) is 30.3 Å². The molecule has 1 aromatic rings. The maximum atomic E-state index is 5.71. The molecule has 0 bridgehead atoms. The number of aliphatic imine (C=N–C) groups is 1. The maximum absolute atomic E-state index is 5.71. The number of rotatable bonds is 9. The van der Waals surface area contributed by atoms with Crippen molar-refractivity contribution in [2.45, 2.75) is 33.1 Å². The number of nitrogens with zero attached hydrogens (tertiary/aromatic N) is 2. The number of nitrogens with one attached hydrogen (secondary N) is 2. The van der Waals surface area contributed by atoms with Gasteiger partial charge in [0.05, 0.1) is 6.54 Å². The Hall–Kier alpha value is -1.75. The molecule has 0 spiro atoms. The molecule has 1 heterocycles. The highest BCUT2D eigenvalue weighted by atomic mass is 16.5. The van der Waals surface area contributed by atoms with Crippen LogP contribution in [0.25, 0.3) is 0 Å². The van der Waals surface area contributed by atoms with Crippen molar-refractivity contribution >= 4 is 5.96 Å². The normalized spacial score (nSPS) is 16.6. The lowest BCUT2D eigenvalue weighted by Crippen LogP contribution is -2.40. The van der Waals surface area contributed by atoms with Crippen LogP contribution < -0.4 is 15.4 Å². The lowest BCUT2D eigenvalue weighted by Gasteiger charge is -2.31. The number of guanidine groups is 1. The predicted molar refractivity (Wildman–Crippen MR) is 105 cm³/mol. The van der Waals surface area contributed by atoms with E-state index in [1.54, 1.807) is 0 Å². The zero-order valence-corrected chi connectivity index (χ0v) is 15.8. The number of hydrogen-bond acceptors (Lipinski definition) is 3. The van der Waals surface area contributed by atoms with Gasteiger partial charge in [-0.25, -0.2) is 0 Å². The van der Waals surface area contributed by atoms with Gasteiger partial charge in [0.1, 0.15) is 12.4 Å². The Morgan fingerprint density at radius 2 is 1.92 bits per heavy atom. The Kier molecular flexibility index (Phi) is 9.19. The van der Waals surface area contributed by atoms with Crippen molar-refractivity contribution in [2.75, 3.05) is 45.9 Å². The first kappa shape index (κ1) is 19.6. The van der Waals surface area contributed by atoms with E-state index < -0.39 is 0 Å². The molecule has 2 N–H and O–H groups in total. The van der Waals surface area contributed by atoms with Gasteiger partial charge in [0.2, 0.25) is 0 Å². The lowest BCUT2D eigenvalue weighted by atomic mass is 9.97. The number of benzene rings is 1. The van der Waals surface area contributed by atoms with E-state index in [4.69, 9.17) is 9.73 Å². The standard InChI is InChI=1S/C20H34N4O/c1-3-13-24-14-10-18(11-15-24)17-23-20(21-4-2)22-12-16-25-19-8-6-5-7-9-19/h5-9,18H,3-4,10-17H2,1-2H3,(H2,21,22,23). The average molecular weight is 347 g/mol. The van der Waals surface area contributed by atoms with Crippen LogP contribution in [0.3, 0.4) is 0 Å². The molecule has 1 saturated heterocycles. The van der Waals surface area contributed by atoms with Crippen molar-refractivity contribution in [3.8, 4) is 5.75 Å². The van der Waals surface area contributed by atoms with Crippen LogP contribution in [-0.4, -0.2) is 56.7 Å². The molecular weight excluding hydrogens is 312 g/mol. The summed E-state index contributed by atoms with van der Waals surface area (Å²) in [6.45, 7) is 11.2. The Bertz CT molecular complexity index is 484. The monoisotopic (exact) mass is 346 g/mol. The van der Waals surface area contributed by atoms with Crippen LogP contribution in [0.5, 0.6) is 5.75 Å². The van der Waals surface area contributed by atoms with Crippen LogP contribution >= 0.6 is 0 Å². The Balaban J connectivity index is 1.67. The zero-order valence-electron chi connectivity index (χ0n) is 15.8. The maximum Gasteiger partial charge on any atom is 0.191 e. The van der Waals surface area contributed by atoms with Crippen LogP contribution in [-0.2, 0) is 0 Å². The van der Waals surface area contributed by atoms with Crippen LogP contribution in [0.2, 0.25) is 0 Å². The molecule has 140 valence electrons. The minimum absolute atomic E-state index is 0.629. The van der Waals surface area contributed by atoms with Gasteiger partial charge in [-0.2, -0.15) is 0 Å².